The molecule has 0 saturated carbocycles. The second kappa shape index (κ2) is 11.5. The molecule has 1 amide bonds. The van der Waals surface area contributed by atoms with Crippen molar-refractivity contribution >= 4 is 37.3 Å². The van der Waals surface area contributed by atoms with Crippen LogP contribution in [-0.2, 0) is 29.6 Å². The zero-order valence-corrected chi connectivity index (χ0v) is 22.7. The Morgan fingerprint density at radius 2 is 1.47 bits per heavy atom. The third kappa shape index (κ3) is 6.16. The van der Waals surface area contributed by atoms with Gasteiger partial charge in [-0.1, -0.05) is 17.7 Å². The Morgan fingerprint density at radius 1 is 0.895 bits per heavy atom. The summed E-state index contributed by atoms with van der Waals surface area (Å²) in [6.45, 7) is 2.57. The maximum Gasteiger partial charge on any atom is 0.264 e. The van der Waals surface area contributed by atoms with Crippen LogP contribution >= 0.6 is 0 Å². The molecular formula is C26H29N3O7S2. The van der Waals surface area contributed by atoms with Crippen molar-refractivity contribution in [3.63, 3.8) is 0 Å². The predicted octanol–water partition coefficient (Wildman–Crippen LogP) is 2.86. The summed E-state index contributed by atoms with van der Waals surface area (Å²) >= 11 is 0. The van der Waals surface area contributed by atoms with Crippen molar-refractivity contribution in [1.29, 1.82) is 0 Å². The zero-order chi connectivity index (χ0) is 27.3. The number of methoxy groups -OCH3 is 1. The monoisotopic (exact) mass is 559 g/mol. The van der Waals surface area contributed by atoms with Crippen LogP contribution in [0.5, 0.6) is 5.75 Å². The Balaban J connectivity index is 1.54. The number of benzene rings is 3. The van der Waals surface area contributed by atoms with Crippen LogP contribution in [0.1, 0.15) is 5.56 Å². The molecule has 1 heterocycles. The minimum absolute atomic E-state index is 0.0457. The van der Waals surface area contributed by atoms with Crippen molar-refractivity contribution in [2.45, 2.75) is 16.7 Å². The fourth-order valence-corrected chi connectivity index (χ4v) is 6.71. The van der Waals surface area contributed by atoms with E-state index in [2.05, 4.69) is 5.32 Å². The van der Waals surface area contributed by atoms with Crippen LogP contribution in [-0.4, -0.2) is 67.0 Å². The molecule has 10 nitrogen and oxygen atoms in total. The van der Waals surface area contributed by atoms with Gasteiger partial charge in [0.2, 0.25) is 15.9 Å². The van der Waals surface area contributed by atoms with Gasteiger partial charge in [-0.15, -0.1) is 0 Å². The summed E-state index contributed by atoms with van der Waals surface area (Å²) in [7, 11) is -6.26. The molecule has 0 unspecified atom stereocenters. The van der Waals surface area contributed by atoms with Crippen LogP contribution in [0, 0.1) is 6.92 Å². The maximum absolute atomic E-state index is 13.5. The van der Waals surface area contributed by atoms with Crippen molar-refractivity contribution in [2.75, 3.05) is 49.6 Å². The number of carbonyl (C=O) groups is 1. The van der Waals surface area contributed by atoms with E-state index in [1.54, 1.807) is 36.4 Å². The minimum Gasteiger partial charge on any atom is -0.497 e. The van der Waals surface area contributed by atoms with Gasteiger partial charge in [0.15, 0.2) is 0 Å². The molecule has 0 aliphatic carbocycles. The number of nitrogens with one attached hydrogen (secondary N) is 1. The third-order valence-corrected chi connectivity index (χ3v) is 9.70. The van der Waals surface area contributed by atoms with Crippen LogP contribution < -0.4 is 14.4 Å². The van der Waals surface area contributed by atoms with Crippen LogP contribution in [0.3, 0.4) is 0 Å². The molecule has 0 bridgehead atoms. The molecule has 0 atom stereocenters. The molecule has 3 aromatic carbocycles. The summed E-state index contributed by atoms with van der Waals surface area (Å²) < 4.78 is 65.5. The van der Waals surface area contributed by atoms with Crippen LogP contribution in [0.25, 0.3) is 0 Å². The average Bonchev–Trinajstić information content (AvgIpc) is 2.93. The molecule has 12 heteroatoms. The molecule has 1 aliphatic rings. The zero-order valence-electron chi connectivity index (χ0n) is 21.0. The molecule has 3 aromatic rings. The average molecular weight is 560 g/mol. The van der Waals surface area contributed by atoms with E-state index in [1.165, 1.54) is 47.8 Å². The number of aryl methyl sites for hydroxylation is 1. The summed E-state index contributed by atoms with van der Waals surface area (Å²) in [5.41, 5.74) is 1.52. The van der Waals surface area contributed by atoms with Crippen LogP contribution in [0.15, 0.2) is 82.6 Å². The Hall–Kier alpha value is -3.45. The minimum atomic E-state index is -4.08. The molecule has 1 aliphatic heterocycles. The molecule has 38 heavy (non-hydrogen) atoms. The highest BCUT2D eigenvalue weighted by Crippen LogP contribution is 2.26. The lowest BCUT2D eigenvalue weighted by atomic mass is 10.2. The molecular weight excluding hydrogens is 530 g/mol. The van der Waals surface area contributed by atoms with Crippen LogP contribution in [0.4, 0.5) is 11.4 Å². The highest BCUT2D eigenvalue weighted by atomic mass is 32.2. The van der Waals surface area contributed by atoms with E-state index < -0.39 is 32.5 Å². The van der Waals surface area contributed by atoms with E-state index in [0.717, 1.165) is 9.87 Å². The number of carbonyl (C=O) groups excluding carboxylic acids is 1. The van der Waals surface area contributed by atoms with E-state index in [1.807, 2.05) is 6.92 Å². The van der Waals surface area contributed by atoms with Crippen molar-refractivity contribution in [3.8, 4) is 5.75 Å². The number of rotatable bonds is 9. The van der Waals surface area contributed by atoms with E-state index in [-0.39, 0.29) is 28.6 Å². The van der Waals surface area contributed by atoms with Gasteiger partial charge in [-0.05, 0) is 67.6 Å². The van der Waals surface area contributed by atoms with Gasteiger partial charge in [0.05, 0.1) is 35.8 Å². The van der Waals surface area contributed by atoms with Gasteiger partial charge in [-0.2, -0.15) is 4.31 Å². The van der Waals surface area contributed by atoms with E-state index in [0.29, 0.717) is 24.7 Å². The lowest BCUT2D eigenvalue weighted by Crippen LogP contribution is -2.40. The van der Waals surface area contributed by atoms with Crippen molar-refractivity contribution in [3.05, 3.63) is 78.4 Å². The fraction of sp³-hybridized carbons (Fsp3) is 0.269. The fourth-order valence-electron chi connectivity index (χ4n) is 3.88. The maximum atomic E-state index is 13.5. The highest BCUT2D eigenvalue weighted by Gasteiger charge is 2.28. The van der Waals surface area contributed by atoms with Gasteiger partial charge < -0.3 is 14.8 Å². The smallest absolute Gasteiger partial charge is 0.264 e. The lowest BCUT2D eigenvalue weighted by Gasteiger charge is -2.26. The summed E-state index contributed by atoms with van der Waals surface area (Å²) in [6, 6.07) is 18.4. The first-order chi connectivity index (χ1) is 18.1. The van der Waals surface area contributed by atoms with Crippen molar-refractivity contribution in [1.82, 2.24) is 4.31 Å². The van der Waals surface area contributed by atoms with Gasteiger partial charge >= 0.3 is 0 Å². The Kier molecular flexibility index (Phi) is 8.36. The molecule has 0 spiro atoms. The van der Waals surface area contributed by atoms with E-state index >= 15 is 0 Å². The standard InChI is InChI=1S/C26H29N3O7S2/c1-20-3-11-25(12-4-20)38(33,34)29(22-7-9-23(35-2)10-8-22)19-26(30)27-21-5-13-24(14-6-21)37(31,32)28-15-17-36-18-16-28/h3-14H,15-19H2,1-2H3,(H,27,30). The normalized spacial score (nSPS) is 14.6. The third-order valence-electron chi connectivity index (χ3n) is 6.00. The summed E-state index contributed by atoms with van der Waals surface area (Å²) in [4.78, 5) is 13.1. The predicted molar refractivity (Wildman–Crippen MR) is 143 cm³/mol. The topological polar surface area (TPSA) is 122 Å². The summed E-state index contributed by atoms with van der Waals surface area (Å²) in [5, 5.41) is 2.66. The number of nitrogens with zero attached hydrogens (tertiary/aromatic N) is 2. The molecule has 1 fully saturated rings. The molecule has 4 rings (SSSR count). The Morgan fingerprint density at radius 3 is 2.05 bits per heavy atom. The SMILES string of the molecule is COc1ccc(N(CC(=O)Nc2ccc(S(=O)(=O)N3CCOCC3)cc2)S(=O)(=O)c2ccc(C)cc2)cc1. The number of hydrogen-bond donors (Lipinski definition) is 1. The first-order valence-electron chi connectivity index (χ1n) is 11.8. The number of anilines is 2. The molecule has 0 aromatic heterocycles. The van der Waals surface area contributed by atoms with Gasteiger partial charge in [-0.3, -0.25) is 9.10 Å². The Bertz CT molecular complexity index is 1470. The van der Waals surface area contributed by atoms with Crippen LogP contribution in [0.2, 0.25) is 0 Å². The second-order valence-corrected chi connectivity index (χ2v) is 12.4. The lowest BCUT2D eigenvalue weighted by molar-refractivity contribution is -0.114. The van der Waals surface area contributed by atoms with E-state index in [4.69, 9.17) is 9.47 Å². The second-order valence-electron chi connectivity index (χ2n) is 8.61. The van der Waals surface area contributed by atoms with Gasteiger partial charge in [0, 0.05) is 18.8 Å². The van der Waals surface area contributed by atoms with Crippen molar-refractivity contribution < 1.29 is 31.1 Å². The summed E-state index contributed by atoms with van der Waals surface area (Å²) in [5.74, 6) is -0.0571. The quantitative estimate of drug-likeness (QED) is 0.428. The first-order valence-corrected chi connectivity index (χ1v) is 14.7. The summed E-state index contributed by atoms with van der Waals surface area (Å²) in [6.07, 6.45) is 0. The van der Waals surface area contributed by atoms with Gasteiger partial charge in [0.1, 0.15) is 12.3 Å². The number of sulfonamides is 2. The highest BCUT2D eigenvalue weighted by molar-refractivity contribution is 7.92. The van der Waals surface area contributed by atoms with Gasteiger partial charge in [0.25, 0.3) is 10.0 Å². The van der Waals surface area contributed by atoms with E-state index in [9.17, 15) is 21.6 Å². The number of hydrogen-bond acceptors (Lipinski definition) is 7. The molecule has 1 N–H and O–H groups in total. The van der Waals surface area contributed by atoms with Crippen molar-refractivity contribution in [2.24, 2.45) is 0 Å². The first kappa shape index (κ1) is 27.6. The number of amides is 1. The number of ether oxygens (including phenoxy) is 2. The number of morpholine rings is 1. The Labute approximate surface area is 222 Å². The van der Waals surface area contributed by atoms with Gasteiger partial charge in [-0.25, -0.2) is 16.8 Å². The molecule has 1 saturated heterocycles. The molecule has 0 radical (unpaired) electrons. The molecule has 202 valence electrons. The largest absolute Gasteiger partial charge is 0.497 e.